The highest BCUT2D eigenvalue weighted by Crippen LogP contribution is 2.06. The molecule has 4 heteroatoms. The van der Waals surface area contributed by atoms with Crippen molar-refractivity contribution in [2.24, 2.45) is 0 Å². The van der Waals surface area contributed by atoms with Crippen LogP contribution in [0.1, 0.15) is 25.5 Å². The minimum absolute atomic E-state index is 0.101. The number of aliphatic hydroxyl groups excluding tert-OH is 1. The monoisotopic (exact) mass is 210 g/mol. The number of aliphatic hydroxyl groups is 1. The molecule has 0 saturated carbocycles. The molecule has 0 bridgehead atoms. The molecule has 15 heavy (non-hydrogen) atoms. The molecule has 0 radical (unpaired) electrons. The summed E-state index contributed by atoms with van der Waals surface area (Å²) in [6, 6.07) is 3.54. The predicted octanol–water partition coefficient (Wildman–Crippen LogP) is 1.12. The molecule has 0 aliphatic heterocycles. The fourth-order valence-electron chi connectivity index (χ4n) is 1.18. The first kappa shape index (κ1) is 11.7. The zero-order valence-corrected chi connectivity index (χ0v) is 8.60. The number of hydrogen-bond acceptors (Lipinski definition) is 4. The Hall–Kier alpha value is -1.42. The molecule has 1 aromatic rings. The highest BCUT2D eigenvalue weighted by atomic mass is 16.3. The molecular weight excluding hydrogens is 196 g/mol. The van der Waals surface area contributed by atoms with Crippen molar-refractivity contribution in [1.82, 2.24) is 0 Å². The van der Waals surface area contributed by atoms with Gasteiger partial charge in [-0.2, -0.15) is 0 Å². The summed E-state index contributed by atoms with van der Waals surface area (Å²) in [6.07, 6.45) is 1.09. The average molecular weight is 210 g/mol. The predicted molar refractivity (Wildman–Crippen MR) is 53.3 cm³/mol. The van der Waals surface area contributed by atoms with Crippen molar-refractivity contribution in [2.45, 2.75) is 32.3 Å². The largest absolute Gasteiger partial charge is 0.469 e. The van der Waals surface area contributed by atoms with E-state index in [0.29, 0.717) is 6.42 Å². The van der Waals surface area contributed by atoms with E-state index in [1.54, 1.807) is 18.4 Å². The molecule has 0 aliphatic rings. The van der Waals surface area contributed by atoms with Gasteiger partial charge < -0.3 is 9.52 Å². The maximum atomic E-state index is 11.3. The van der Waals surface area contributed by atoms with E-state index in [1.807, 2.05) is 0 Å². The molecule has 0 amide bonds. The van der Waals surface area contributed by atoms with Gasteiger partial charge in [0.25, 0.3) is 0 Å². The van der Waals surface area contributed by atoms with Crippen molar-refractivity contribution in [3.05, 3.63) is 24.2 Å². The normalized spacial score (nSPS) is 12.4. The summed E-state index contributed by atoms with van der Waals surface area (Å²) in [5, 5.41) is 9.16. The lowest BCUT2D eigenvalue weighted by molar-refractivity contribution is -0.130. The molecule has 0 spiro atoms. The van der Waals surface area contributed by atoms with Crippen LogP contribution >= 0.6 is 0 Å². The van der Waals surface area contributed by atoms with Gasteiger partial charge in [0, 0.05) is 19.3 Å². The van der Waals surface area contributed by atoms with Gasteiger partial charge in [-0.1, -0.05) is 0 Å². The van der Waals surface area contributed by atoms with Crippen LogP contribution in [0.3, 0.4) is 0 Å². The number of carbonyl (C=O) groups is 2. The molecule has 1 heterocycles. The zero-order chi connectivity index (χ0) is 11.3. The van der Waals surface area contributed by atoms with Crippen LogP contribution in [0, 0.1) is 0 Å². The average Bonchev–Trinajstić information content (AvgIpc) is 2.66. The van der Waals surface area contributed by atoms with E-state index in [4.69, 9.17) is 9.52 Å². The molecule has 4 nitrogen and oxygen atoms in total. The van der Waals surface area contributed by atoms with Crippen LogP contribution in [-0.2, 0) is 16.0 Å². The smallest absolute Gasteiger partial charge is 0.158 e. The van der Waals surface area contributed by atoms with Gasteiger partial charge in [-0.3, -0.25) is 9.59 Å². The third-order valence-corrected chi connectivity index (χ3v) is 2.12. The Morgan fingerprint density at radius 3 is 2.80 bits per heavy atom. The summed E-state index contributed by atoms with van der Waals surface area (Å²) in [5.74, 6) is 0.233. The Morgan fingerprint density at radius 1 is 1.53 bits per heavy atom. The van der Waals surface area contributed by atoms with Crippen LogP contribution in [0.25, 0.3) is 0 Å². The number of Topliss-reactive ketones (excluding diaryl/α,β-unsaturated/α-hetero) is 2. The quantitative estimate of drug-likeness (QED) is 0.764. The summed E-state index contributed by atoms with van der Waals surface area (Å²) in [5.41, 5.74) is 0. The Balaban J connectivity index is 2.28. The second-order valence-electron chi connectivity index (χ2n) is 3.45. The van der Waals surface area contributed by atoms with Crippen LogP contribution in [-0.4, -0.2) is 22.8 Å². The van der Waals surface area contributed by atoms with Crippen LogP contribution < -0.4 is 0 Å². The van der Waals surface area contributed by atoms with E-state index in [1.165, 1.54) is 6.92 Å². The fraction of sp³-hybridized carbons (Fsp3) is 0.455. The first-order valence-corrected chi connectivity index (χ1v) is 4.82. The van der Waals surface area contributed by atoms with E-state index in [2.05, 4.69) is 0 Å². The highest BCUT2D eigenvalue weighted by molar-refractivity contribution is 5.88. The van der Waals surface area contributed by atoms with E-state index < -0.39 is 6.10 Å². The van der Waals surface area contributed by atoms with E-state index in [9.17, 15) is 9.59 Å². The van der Waals surface area contributed by atoms with Gasteiger partial charge in [-0.15, -0.1) is 0 Å². The molecule has 0 saturated heterocycles. The lowest BCUT2D eigenvalue weighted by Gasteiger charge is -2.04. The van der Waals surface area contributed by atoms with E-state index in [0.717, 1.165) is 5.76 Å². The van der Waals surface area contributed by atoms with Gasteiger partial charge >= 0.3 is 0 Å². The van der Waals surface area contributed by atoms with E-state index in [-0.39, 0.29) is 24.4 Å². The molecule has 82 valence electrons. The summed E-state index contributed by atoms with van der Waals surface area (Å²) in [7, 11) is 0. The van der Waals surface area contributed by atoms with Gasteiger partial charge in [0.2, 0.25) is 0 Å². The Morgan fingerprint density at radius 2 is 2.27 bits per heavy atom. The highest BCUT2D eigenvalue weighted by Gasteiger charge is 2.14. The van der Waals surface area contributed by atoms with Crippen LogP contribution in [0.15, 0.2) is 22.8 Å². The zero-order valence-electron chi connectivity index (χ0n) is 8.60. The van der Waals surface area contributed by atoms with Gasteiger partial charge in [0.1, 0.15) is 17.6 Å². The van der Waals surface area contributed by atoms with Crippen molar-refractivity contribution in [3.8, 4) is 0 Å². The number of furan rings is 1. The molecule has 1 unspecified atom stereocenters. The number of carbonyl (C=O) groups excluding carboxylic acids is 2. The van der Waals surface area contributed by atoms with Gasteiger partial charge in [0.15, 0.2) is 5.78 Å². The van der Waals surface area contributed by atoms with Crippen molar-refractivity contribution in [2.75, 3.05) is 0 Å². The van der Waals surface area contributed by atoms with E-state index >= 15 is 0 Å². The lowest BCUT2D eigenvalue weighted by Crippen LogP contribution is -2.21. The molecule has 1 aromatic heterocycles. The molecular formula is C11H14O4. The third-order valence-electron chi connectivity index (χ3n) is 2.12. The maximum Gasteiger partial charge on any atom is 0.158 e. The molecule has 0 fully saturated rings. The number of aryl methyl sites for hydroxylation is 1. The Bertz CT molecular complexity index is 326. The number of ketones is 2. The van der Waals surface area contributed by atoms with Crippen LogP contribution in [0.5, 0.6) is 0 Å². The molecule has 1 N–H and O–H groups in total. The second kappa shape index (κ2) is 5.46. The van der Waals surface area contributed by atoms with Crippen LogP contribution in [0.4, 0.5) is 0 Å². The first-order valence-electron chi connectivity index (χ1n) is 4.82. The number of hydrogen-bond donors (Lipinski definition) is 1. The lowest BCUT2D eigenvalue weighted by atomic mass is 10.1. The van der Waals surface area contributed by atoms with Crippen molar-refractivity contribution in [1.29, 1.82) is 0 Å². The topological polar surface area (TPSA) is 67.5 Å². The summed E-state index contributed by atoms with van der Waals surface area (Å²) in [6.45, 7) is 1.27. The maximum absolute atomic E-state index is 11.3. The molecule has 0 aromatic carbocycles. The minimum atomic E-state index is -1.16. The van der Waals surface area contributed by atoms with Crippen molar-refractivity contribution >= 4 is 11.6 Å². The number of rotatable bonds is 6. The first-order chi connectivity index (χ1) is 7.09. The van der Waals surface area contributed by atoms with Gasteiger partial charge in [-0.05, 0) is 19.1 Å². The van der Waals surface area contributed by atoms with Crippen molar-refractivity contribution < 1.29 is 19.1 Å². The minimum Gasteiger partial charge on any atom is -0.469 e. The van der Waals surface area contributed by atoms with Gasteiger partial charge in [0.05, 0.1) is 6.26 Å². The SMILES string of the molecule is CC(=O)C(O)CC(=O)CCc1ccco1. The summed E-state index contributed by atoms with van der Waals surface area (Å²) in [4.78, 5) is 22.0. The Kier molecular flexibility index (Phi) is 4.24. The molecule has 1 rings (SSSR count). The Labute approximate surface area is 87.9 Å². The molecule has 1 atom stereocenters. The standard InChI is InChI=1S/C11H14O4/c1-8(12)11(14)7-9(13)4-5-10-3-2-6-15-10/h2-3,6,11,14H,4-5,7H2,1H3. The summed E-state index contributed by atoms with van der Waals surface area (Å²) < 4.78 is 5.05. The molecule has 0 aliphatic carbocycles. The fourth-order valence-corrected chi connectivity index (χ4v) is 1.18. The van der Waals surface area contributed by atoms with Gasteiger partial charge in [-0.25, -0.2) is 0 Å². The van der Waals surface area contributed by atoms with Crippen molar-refractivity contribution in [3.63, 3.8) is 0 Å². The third kappa shape index (κ3) is 4.08. The second-order valence-corrected chi connectivity index (χ2v) is 3.45. The van der Waals surface area contributed by atoms with Crippen LogP contribution in [0.2, 0.25) is 0 Å². The summed E-state index contributed by atoms with van der Waals surface area (Å²) >= 11 is 0.